The quantitative estimate of drug-likeness (QED) is 0.0224. The molecule has 398 valence electrons. The topological polar surface area (TPSA) is 169 Å². The van der Waals surface area contributed by atoms with Crippen LogP contribution in [0.5, 0.6) is 0 Å². The number of nitro groups is 1. The average molecular weight is 1070 g/mol. The monoisotopic (exact) mass is 1070 g/mol. The zero-order valence-electron chi connectivity index (χ0n) is 43.7. The molecule has 2 heterocycles. The highest BCUT2D eigenvalue weighted by Crippen LogP contribution is 2.56. The molecular formula is C60H66N4O10S2. The Bertz CT molecular complexity index is 3140. The molecule has 0 radical (unpaired) electrons. The second kappa shape index (κ2) is 25.9. The Morgan fingerprint density at radius 1 is 0.461 bits per heavy atom. The van der Waals surface area contributed by atoms with Crippen molar-refractivity contribution in [3.8, 4) is 43.4 Å². The van der Waals surface area contributed by atoms with Crippen LogP contribution < -0.4 is 5.73 Å². The van der Waals surface area contributed by atoms with Gasteiger partial charge < -0.3 is 43.6 Å². The van der Waals surface area contributed by atoms with Gasteiger partial charge in [0.1, 0.15) is 10.0 Å². The molecule has 10 rings (SSSR count). The Balaban J connectivity index is 0.000000186. The van der Waals surface area contributed by atoms with Crippen LogP contribution in [0.4, 0.5) is 11.4 Å². The molecule has 16 heteroatoms. The third-order valence-corrected chi connectivity index (χ3v) is 16.6. The molecule has 2 aliphatic carbocycles. The molecule has 2 aliphatic rings. The Kier molecular flexibility index (Phi) is 18.6. The Morgan fingerprint density at radius 2 is 0.829 bits per heavy atom. The molecule has 0 spiro atoms. The van der Waals surface area contributed by atoms with Gasteiger partial charge in [-0.25, -0.2) is 9.97 Å². The molecular weight excluding hydrogens is 1000 g/mol. The van der Waals surface area contributed by atoms with E-state index in [1.165, 1.54) is 27.0 Å². The number of methoxy groups -OCH3 is 4. The molecule has 0 aliphatic heterocycles. The number of thiazole rings is 2. The molecule has 0 fully saturated rings. The van der Waals surface area contributed by atoms with Crippen molar-refractivity contribution in [3.63, 3.8) is 0 Å². The number of nitrogens with two attached hydrogens (primary N) is 1. The van der Waals surface area contributed by atoms with Crippen LogP contribution in [0.3, 0.4) is 0 Å². The van der Waals surface area contributed by atoms with E-state index in [1.807, 2.05) is 36.4 Å². The van der Waals surface area contributed by atoms with Gasteiger partial charge in [0.05, 0.1) is 78.2 Å². The number of non-ortho nitro benzene ring substituents is 1. The third-order valence-electron chi connectivity index (χ3n) is 14.4. The standard InChI is InChI=1S/C30H32N2O6S.C30H34N2O4S/c1-35-15-17-37-13-11-30(12-14-38-18-16-36-2)25-19-21(29-31-27-5-3-4-6-28(27)39-29)7-9-23(25)24-10-8-22(32(33)34)20-26(24)30;1-33-15-17-35-13-11-30(12-14-36-18-16-34-2)25-19-21(29-32-27-5-3-4-6-28(27)37-29)7-9-23(25)24-10-8-22(31)20-26(24)30/h3-10,19-20H,11-18H2,1-2H3;3-10,19-20H,11-18,31H2,1-2H3. The van der Waals surface area contributed by atoms with E-state index in [9.17, 15) is 10.1 Å². The summed E-state index contributed by atoms with van der Waals surface area (Å²) in [5, 5.41) is 13.8. The number of benzene rings is 6. The van der Waals surface area contributed by atoms with Crippen molar-refractivity contribution in [2.75, 3.05) is 113 Å². The van der Waals surface area contributed by atoms with Gasteiger partial charge in [-0.05, 0) is 125 Å². The fourth-order valence-corrected chi connectivity index (χ4v) is 12.6. The zero-order valence-corrected chi connectivity index (χ0v) is 45.3. The lowest BCUT2D eigenvalue weighted by atomic mass is 9.73. The largest absolute Gasteiger partial charge is 0.399 e. The molecule has 6 aromatic carbocycles. The predicted molar refractivity (Wildman–Crippen MR) is 303 cm³/mol. The van der Waals surface area contributed by atoms with Gasteiger partial charge >= 0.3 is 0 Å². The molecule has 0 amide bonds. The molecule has 76 heavy (non-hydrogen) atoms. The third kappa shape index (κ3) is 11.9. The normalized spacial score (nSPS) is 13.6. The van der Waals surface area contributed by atoms with E-state index in [2.05, 4.69) is 72.8 Å². The first kappa shape index (κ1) is 54.8. The van der Waals surface area contributed by atoms with Gasteiger partial charge in [0, 0.05) is 94.6 Å². The van der Waals surface area contributed by atoms with Crippen molar-refractivity contribution >= 4 is 54.5 Å². The first-order valence-corrected chi connectivity index (χ1v) is 27.3. The molecule has 0 saturated heterocycles. The maximum atomic E-state index is 11.8. The van der Waals surface area contributed by atoms with E-state index >= 15 is 0 Å². The van der Waals surface area contributed by atoms with E-state index < -0.39 is 5.41 Å². The van der Waals surface area contributed by atoms with E-state index in [-0.39, 0.29) is 16.0 Å². The smallest absolute Gasteiger partial charge is 0.269 e. The lowest BCUT2D eigenvalue weighted by Crippen LogP contribution is -2.30. The lowest BCUT2D eigenvalue weighted by Gasteiger charge is -2.33. The minimum Gasteiger partial charge on any atom is -0.399 e. The van der Waals surface area contributed by atoms with Crippen molar-refractivity contribution in [2.45, 2.75) is 36.5 Å². The highest BCUT2D eigenvalue weighted by atomic mass is 32.1. The van der Waals surface area contributed by atoms with Crippen LogP contribution in [-0.2, 0) is 48.7 Å². The van der Waals surface area contributed by atoms with E-state index in [4.69, 9.17) is 53.6 Å². The number of hydrogen-bond donors (Lipinski definition) is 1. The molecule has 0 saturated carbocycles. The number of para-hydroxylation sites is 2. The van der Waals surface area contributed by atoms with Crippen LogP contribution in [0.25, 0.3) is 63.8 Å². The highest BCUT2D eigenvalue weighted by molar-refractivity contribution is 7.22. The molecule has 2 N–H and O–H groups in total. The van der Waals surface area contributed by atoms with Crippen LogP contribution in [0.15, 0.2) is 121 Å². The summed E-state index contributed by atoms with van der Waals surface area (Å²) < 4.78 is 46.8. The number of fused-ring (bicyclic) bond motifs is 8. The van der Waals surface area contributed by atoms with E-state index in [0.717, 1.165) is 77.7 Å². The Hall–Kier alpha value is -6.02. The lowest BCUT2D eigenvalue weighted by molar-refractivity contribution is -0.384. The van der Waals surface area contributed by atoms with E-state index in [0.29, 0.717) is 92.1 Å². The molecule has 2 aromatic heterocycles. The van der Waals surface area contributed by atoms with Gasteiger partial charge in [-0.2, -0.15) is 0 Å². The summed E-state index contributed by atoms with van der Waals surface area (Å²) in [6.45, 7) is 6.46. The van der Waals surface area contributed by atoms with Crippen molar-refractivity contribution in [2.24, 2.45) is 0 Å². The molecule has 8 aromatic rings. The fraction of sp³-hybridized carbons (Fsp3) is 0.367. The predicted octanol–water partition coefficient (Wildman–Crippen LogP) is 12.2. The molecule has 14 nitrogen and oxygen atoms in total. The van der Waals surface area contributed by atoms with Crippen LogP contribution in [0.1, 0.15) is 47.9 Å². The maximum Gasteiger partial charge on any atom is 0.269 e. The first-order chi connectivity index (χ1) is 37.2. The number of nitrogens with zero attached hydrogens (tertiary/aromatic N) is 3. The summed E-state index contributed by atoms with van der Waals surface area (Å²) in [4.78, 5) is 21.3. The molecule has 0 atom stereocenters. The van der Waals surface area contributed by atoms with E-state index in [1.54, 1.807) is 63.2 Å². The number of ether oxygens (including phenoxy) is 8. The SMILES string of the molecule is COCCOCCC1(CCOCCOC)c2cc(-c3nc4ccccc4s3)ccc2-c2ccc([N+](=O)[O-])cc21.COCCOCCC1(CCOCCOC)c2cc(N)ccc2-c2ccc(-c3nc4ccccc4s3)cc21. The van der Waals surface area contributed by atoms with Gasteiger partial charge in [-0.1, -0.05) is 54.6 Å². The zero-order chi connectivity index (χ0) is 52.9. The number of hydrogen-bond acceptors (Lipinski definition) is 15. The van der Waals surface area contributed by atoms with Crippen molar-refractivity contribution < 1.29 is 42.8 Å². The van der Waals surface area contributed by atoms with Gasteiger partial charge in [-0.15, -0.1) is 22.7 Å². The summed E-state index contributed by atoms with van der Waals surface area (Å²) in [7, 11) is 6.68. The van der Waals surface area contributed by atoms with Crippen LogP contribution in [-0.4, -0.2) is 123 Å². The second-order valence-corrected chi connectivity index (χ2v) is 20.9. The molecule has 0 bridgehead atoms. The maximum absolute atomic E-state index is 11.8. The number of anilines is 1. The van der Waals surface area contributed by atoms with Crippen LogP contribution in [0.2, 0.25) is 0 Å². The minimum atomic E-state index is -0.524. The van der Waals surface area contributed by atoms with Gasteiger partial charge in [-0.3, -0.25) is 10.1 Å². The number of aromatic nitrogens is 2. The average Bonchev–Trinajstić information content (AvgIpc) is 4.20. The molecule has 0 unspecified atom stereocenters. The van der Waals surface area contributed by atoms with Gasteiger partial charge in [0.25, 0.3) is 5.69 Å². The number of nitro benzene ring substituents is 1. The van der Waals surface area contributed by atoms with Crippen LogP contribution in [0, 0.1) is 10.1 Å². The Morgan fingerprint density at radius 3 is 1.22 bits per heavy atom. The van der Waals surface area contributed by atoms with Crippen molar-refractivity contribution in [3.05, 3.63) is 154 Å². The highest BCUT2D eigenvalue weighted by Gasteiger charge is 2.45. The Labute approximate surface area is 452 Å². The second-order valence-electron chi connectivity index (χ2n) is 18.9. The van der Waals surface area contributed by atoms with Crippen LogP contribution >= 0.6 is 22.7 Å². The van der Waals surface area contributed by atoms with Crippen molar-refractivity contribution in [1.29, 1.82) is 0 Å². The minimum absolute atomic E-state index is 0.0814. The fourth-order valence-electron chi connectivity index (χ4n) is 10.7. The van der Waals surface area contributed by atoms with Crippen molar-refractivity contribution in [1.82, 2.24) is 9.97 Å². The number of rotatable bonds is 27. The number of nitrogen functional groups attached to an aromatic ring is 1. The van der Waals surface area contributed by atoms with Gasteiger partial charge in [0.2, 0.25) is 0 Å². The summed E-state index contributed by atoms with van der Waals surface area (Å²) in [6, 6.07) is 41.1. The summed E-state index contributed by atoms with van der Waals surface area (Å²) in [5.74, 6) is 0. The summed E-state index contributed by atoms with van der Waals surface area (Å²) >= 11 is 3.39. The first-order valence-electron chi connectivity index (χ1n) is 25.7. The van der Waals surface area contributed by atoms with Gasteiger partial charge in [0.15, 0.2) is 0 Å². The summed E-state index contributed by atoms with van der Waals surface area (Å²) in [6.07, 6.45) is 2.93. The summed E-state index contributed by atoms with van der Waals surface area (Å²) in [5.41, 5.74) is 19.7.